The summed E-state index contributed by atoms with van der Waals surface area (Å²) in [4.78, 5) is 54.4. The maximum atomic E-state index is 14.2. The molecule has 4 saturated heterocycles. The summed E-state index contributed by atoms with van der Waals surface area (Å²) in [5.41, 5.74) is -9.47. The fourth-order valence-electron chi connectivity index (χ4n) is 12.2. The van der Waals surface area contributed by atoms with Gasteiger partial charge in [-0.05, 0) is 33.3 Å². The van der Waals surface area contributed by atoms with Crippen molar-refractivity contribution in [2.45, 2.75) is 107 Å². The number of rotatable bonds is 6. The molecular weight excluding hydrogens is 676 g/mol. The van der Waals surface area contributed by atoms with Crippen molar-refractivity contribution < 1.29 is 77.1 Å². The standard InChI is InChI=1S/C35H44O16/c1-8-15(2)24(38)49-18-12-19(48-16(3)36)32(26(39)43-6)13-46-21-22(32)31(18)14-47-34(42,27(40)44-7)25(31)29(4,23(21)37)35-20-11-17(30(35,5)51-35)33(41)9-10-45-28(33)50-20/h8-10,17-23,25,28,37,41-42H,11-14H2,1-7H3/b15-8+/t17-,18+,19-,20+,21-,22-,23-,25+,28+,29-,30+,31+,32+,33+,34+,35?/m1/s1. The Labute approximate surface area is 293 Å². The summed E-state index contributed by atoms with van der Waals surface area (Å²) >= 11 is 0. The third kappa shape index (κ3) is 3.65. The molecule has 7 fully saturated rings. The molecule has 16 nitrogen and oxygen atoms in total. The van der Waals surface area contributed by atoms with Crippen molar-refractivity contribution in [3.05, 3.63) is 24.0 Å². The maximum absolute atomic E-state index is 14.2. The molecule has 51 heavy (non-hydrogen) atoms. The molecule has 0 aromatic rings. The Morgan fingerprint density at radius 3 is 2.31 bits per heavy atom. The van der Waals surface area contributed by atoms with Crippen LogP contribution in [0.25, 0.3) is 0 Å². The number of epoxide rings is 1. The number of hydrogen-bond acceptors (Lipinski definition) is 16. The van der Waals surface area contributed by atoms with Gasteiger partial charge in [-0.15, -0.1) is 0 Å². The fraction of sp³-hybridized carbons (Fsp3) is 0.771. The number of ether oxygens (including phenoxy) is 9. The summed E-state index contributed by atoms with van der Waals surface area (Å²) in [7, 11) is 2.23. The molecule has 0 aromatic carbocycles. The third-order valence-corrected chi connectivity index (χ3v) is 14.1. The first-order valence-corrected chi connectivity index (χ1v) is 17.2. The minimum absolute atomic E-state index is 0.235. The summed E-state index contributed by atoms with van der Waals surface area (Å²) in [6, 6.07) is 0. The second kappa shape index (κ2) is 10.5. The van der Waals surface area contributed by atoms with Crippen LogP contribution >= 0.6 is 0 Å². The van der Waals surface area contributed by atoms with E-state index in [9.17, 15) is 34.5 Å². The second-order valence-electron chi connectivity index (χ2n) is 15.8. The number of carbonyl (C=O) groups is 4. The lowest BCUT2D eigenvalue weighted by molar-refractivity contribution is -0.314. The predicted molar refractivity (Wildman–Crippen MR) is 164 cm³/mol. The molecule has 16 heteroatoms. The van der Waals surface area contributed by atoms with Crippen LogP contribution in [0.3, 0.4) is 0 Å². The molecule has 3 saturated carbocycles. The molecule has 5 heterocycles. The minimum Gasteiger partial charge on any atom is -0.469 e. The summed E-state index contributed by atoms with van der Waals surface area (Å²) in [6.07, 6.45) is -3.11. The summed E-state index contributed by atoms with van der Waals surface area (Å²) in [6.45, 7) is 6.88. The zero-order chi connectivity index (χ0) is 36.9. The van der Waals surface area contributed by atoms with Gasteiger partial charge in [0.15, 0.2) is 5.60 Å². The lowest BCUT2D eigenvalue weighted by Crippen LogP contribution is -2.79. The number of methoxy groups -OCH3 is 2. The van der Waals surface area contributed by atoms with E-state index < -0.39 is 130 Å². The molecule has 2 bridgehead atoms. The molecule has 0 aromatic heterocycles. The van der Waals surface area contributed by atoms with Crippen molar-refractivity contribution in [1.29, 1.82) is 0 Å². The molecule has 5 aliphatic heterocycles. The minimum atomic E-state index is -2.82. The number of allylic oxidation sites excluding steroid dienone is 1. The zero-order valence-electron chi connectivity index (χ0n) is 29.4. The number of esters is 4. The quantitative estimate of drug-likeness (QED) is 0.140. The van der Waals surface area contributed by atoms with E-state index in [4.69, 9.17) is 42.6 Å². The molecule has 3 N–H and O–H groups in total. The molecule has 8 rings (SSSR count). The molecule has 3 aliphatic carbocycles. The van der Waals surface area contributed by atoms with Crippen LogP contribution in [0.5, 0.6) is 0 Å². The summed E-state index contributed by atoms with van der Waals surface area (Å²) < 4.78 is 54.0. The molecule has 0 amide bonds. The Balaban J connectivity index is 1.40. The van der Waals surface area contributed by atoms with Gasteiger partial charge in [0.05, 0.1) is 52.0 Å². The van der Waals surface area contributed by atoms with Crippen molar-refractivity contribution >= 4 is 23.9 Å². The van der Waals surface area contributed by atoms with Gasteiger partial charge in [0.1, 0.15) is 28.8 Å². The highest BCUT2D eigenvalue weighted by atomic mass is 16.7. The van der Waals surface area contributed by atoms with Gasteiger partial charge in [0, 0.05) is 47.5 Å². The average molecular weight is 721 g/mol. The van der Waals surface area contributed by atoms with Crippen molar-refractivity contribution in [2.24, 2.45) is 34.0 Å². The fourth-order valence-corrected chi connectivity index (χ4v) is 12.2. The normalized spacial score (nSPS) is 53.9. The molecule has 0 radical (unpaired) electrons. The van der Waals surface area contributed by atoms with Crippen LogP contribution in [0, 0.1) is 34.0 Å². The first-order valence-electron chi connectivity index (χ1n) is 17.2. The van der Waals surface area contributed by atoms with Crippen LogP contribution in [-0.2, 0) is 61.8 Å². The van der Waals surface area contributed by atoms with E-state index in [-0.39, 0.29) is 18.4 Å². The lowest BCUT2D eigenvalue weighted by Gasteiger charge is -2.65. The zero-order valence-corrected chi connectivity index (χ0v) is 29.4. The first-order chi connectivity index (χ1) is 23.9. The molecule has 280 valence electrons. The van der Waals surface area contributed by atoms with Gasteiger partial charge < -0.3 is 58.0 Å². The Bertz CT molecular complexity index is 1660. The predicted octanol–water partition coefficient (Wildman–Crippen LogP) is -0.203. The van der Waals surface area contributed by atoms with Crippen molar-refractivity contribution in [3.63, 3.8) is 0 Å². The Morgan fingerprint density at radius 1 is 0.961 bits per heavy atom. The van der Waals surface area contributed by atoms with Gasteiger partial charge >= 0.3 is 23.9 Å². The molecule has 16 atom stereocenters. The molecular formula is C35H44O16. The molecule has 1 unspecified atom stereocenters. The average Bonchev–Trinajstić information content (AvgIpc) is 3.47. The number of aliphatic hydroxyl groups excluding tert-OH is 1. The van der Waals surface area contributed by atoms with E-state index in [1.54, 1.807) is 33.8 Å². The van der Waals surface area contributed by atoms with Crippen LogP contribution in [0.4, 0.5) is 0 Å². The number of fused-ring (bicyclic) bond motifs is 7. The van der Waals surface area contributed by atoms with Gasteiger partial charge in [-0.1, -0.05) is 13.0 Å². The van der Waals surface area contributed by atoms with Crippen LogP contribution in [-0.4, -0.2) is 126 Å². The smallest absolute Gasteiger partial charge is 0.366 e. The largest absolute Gasteiger partial charge is 0.469 e. The van der Waals surface area contributed by atoms with E-state index in [1.165, 1.54) is 19.3 Å². The van der Waals surface area contributed by atoms with Gasteiger partial charge in [-0.25, -0.2) is 9.59 Å². The first kappa shape index (κ1) is 34.9. The van der Waals surface area contributed by atoms with Crippen LogP contribution in [0.2, 0.25) is 0 Å². The Morgan fingerprint density at radius 2 is 1.67 bits per heavy atom. The monoisotopic (exact) mass is 720 g/mol. The van der Waals surface area contributed by atoms with Crippen molar-refractivity contribution in [2.75, 3.05) is 27.4 Å². The SMILES string of the molecule is C/C=C(\C)C(=O)O[C@H]1C[C@@H](OC(C)=O)[C@@]2(C(=O)OC)CO[C@H]3[C@@H](O)[C@@](C)(C45O[C@@]4(C)[C@H]4C[C@@H]5O[C@@H]5OC=C[C@@]54O)[C@H]4[C@]1(CO[C@]4(O)C(=O)OC)[C@@H]32. The number of carbonyl (C=O) groups excluding carboxylic acids is 4. The number of aliphatic hydroxyl groups is 3. The van der Waals surface area contributed by atoms with Crippen LogP contribution in [0.15, 0.2) is 24.0 Å². The van der Waals surface area contributed by atoms with Crippen molar-refractivity contribution in [1.82, 2.24) is 0 Å². The van der Waals surface area contributed by atoms with Crippen LogP contribution < -0.4 is 0 Å². The second-order valence-corrected chi connectivity index (χ2v) is 15.8. The molecule has 1 spiro atoms. The van der Waals surface area contributed by atoms with Gasteiger partial charge in [0.2, 0.25) is 6.29 Å². The van der Waals surface area contributed by atoms with Crippen molar-refractivity contribution in [3.8, 4) is 0 Å². The highest BCUT2D eigenvalue weighted by Gasteiger charge is 2.97. The summed E-state index contributed by atoms with van der Waals surface area (Å²) in [5, 5.41) is 37.4. The Hall–Kier alpha value is -3.12. The van der Waals surface area contributed by atoms with E-state index in [0.29, 0.717) is 0 Å². The number of hydrogen-bond donors (Lipinski definition) is 3. The van der Waals surface area contributed by atoms with E-state index in [1.807, 2.05) is 0 Å². The topological polar surface area (TPSA) is 215 Å². The van der Waals surface area contributed by atoms with Gasteiger partial charge in [0.25, 0.3) is 5.79 Å². The Kier molecular flexibility index (Phi) is 7.20. The van der Waals surface area contributed by atoms with E-state index in [0.717, 1.165) is 14.2 Å². The van der Waals surface area contributed by atoms with Crippen LogP contribution in [0.1, 0.15) is 47.5 Å². The van der Waals surface area contributed by atoms with Gasteiger partial charge in [-0.3, -0.25) is 9.59 Å². The van der Waals surface area contributed by atoms with Gasteiger partial charge in [-0.2, -0.15) is 0 Å². The maximum Gasteiger partial charge on any atom is 0.366 e. The lowest BCUT2D eigenvalue weighted by atomic mass is 9.37. The molecule has 8 aliphatic rings. The summed E-state index contributed by atoms with van der Waals surface area (Å²) in [5.74, 6) is -9.76. The highest BCUT2D eigenvalue weighted by Crippen LogP contribution is 2.83. The highest BCUT2D eigenvalue weighted by molar-refractivity contribution is 5.88. The van der Waals surface area contributed by atoms with E-state index >= 15 is 0 Å². The third-order valence-electron chi connectivity index (χ3n) is 14.1. The van der Waals surface area contributed by atoms with E-state index in [2.05, 4.69) is 0 Å².